The van der Waals surface area contributed by atoms with Crippen molar-refractivity contribution < 1.29 is 14.3 Å². The third-order valence-electron chi connectivity index (χ3n) is 7.15. The molecule has 5 rings (SSSR count). The highest BCUT2D eigenvalue weighted by Gasteiger charge is 2.22. The molecule has 198 valence electrons. The summed E-state index contributed by atoms with van der Waals surface area (Å²) in [4.78, 5) is 53.0. The van der Waals surface area contributed by atoms with Gasteiger partial charge in [-0.1, -0.05) is 19.3 Å². The van der Waals surface area contributed by atoms with Crippen LogP contribution in [-0.4, -0.2) is 43.6 Å². The summed E-state index contributed by atoms with van der Waals surface area (Å²) in [5, 5.41) is 7.77. The van der Waals surface area contributed by atoms with Gasteiger partial charge in [0.15, 0.2) is 5.78 Å². The SMILES string of the molecule is COc1ccc(C(=O)Cn2nc3n(C(C)C)c(=O)c4ccc(C(=O)NC5CCCCC5)cc4n3c2=O)cc1. The third kappa shape index (κ3) is 4.62. The zero-order valence-corrected chi connectivity index (χ0v) is 21.8. The van der Waals surface area contributed by atoms with E-state index in [1.807, 2.05) is 13.8 Å². The number of Topliss-reactive ketones (excluding diaryl/α,β-unsaturated/α-hetero) is 1. The average molecular weight is 518 g/mol. The van der Waals surface area contributed by atoms with E-state index in [4.69, 9.17) is 4.74 Å². The molecule has 0 radical (unpaired) electrons. The molecule has 10 heteroatoms. The standard InChI is InChI=1S/C28H31N5O5/c1-17(2)32-26(36)22-14-11-19(25(35)29-20-7-5-4-6-8-20)15-23(22)33-27(32)30-31(28(33)37)16-24(34)18-9-12-21(38-3)13-10-18/h9-15,17,20H,4-8,16H2,1-3H3,(H,29,35). The summed E-state index contributed by atoms with van der Waals surface area (Å²) < 4.78 is 8.95. The summed E-state index contributed by atoms with van der Waals surface area (Å²) in [6, 6.07) is 11.2. The second-order valence-corrected chi connectivity index (χ2v) is 10.0. The van der Waals surface area contributed by atoms with E-state index >= 15 is 0 Å². The van der Waals surface area contributed by atoms with Gasteiger partial charge < -0.3 is 10.1 Å². The van der Waals surface area contributed by atoms with Crippen LogP contribution in [0.3, 0.4) is 0 Å². The number of benzene rings is 2. The first-order valence-corrected chi connectivity index (χ1v) is 12.9. The molecule has 0 saturated heterocycles. The van der Waals surface area contributed by atoms with Crippen LogP contribution in [0, 0.1) is 0 Å². The van der Waals surface area contributed by atoms with E-state index in [2.05, 4.69) is 10.4 Å². The Hall–Kier alpha value is -4.21. The predicted octanol–water partition coefficient (Wildman–Crippen LogP) is 3.35. The summed E-state index contributed by atoms with van der Waals surface area (Å²) in [6.45, 7) is 3.35. The minimum absolute atomic E-state index is 0.120. The molecule has 2 aromatic heterocycles. The minimum Gasteiger partial charge on any atom is -0.497 e. The molecule has 2 aromatic carbocycles. The lowest BCUT2D eigenvalue weighted by atomic mass is 9.95. The number of amides is 1. The van der Waals surface area contributed by atoms with Crippen LogP contribution in [0.5, 0.6) is 5.75 Å². The van der Waals surface area contributed by atoms with Gasteiger partial charge in [-0.2, -0.15) is 0 Å². The van der Waals surface area contributed by atoms with Crippen LogP contribution in [0.4, 0.5) is 0 Å². The van der Waals surface area contributed by atoms with Gasteiger partial charge in [-0.05, 0) is 69.2 Å². The fourth-order valence-electron chi connectivity index (χ4n) is 5.11. The molecular weight excluding hydrogens is 486 g/mol. The van der Waals surface area contributed by atoms with Crippen molar-refractivity contribution in [3.05, 3.63) is 74.4 Å². The van der Waals surface area contributed by atoms with Crippen LogP contribution in [0.1, 0.15) is 72.7 Å². The second kappa shape index (κ2) is 10.3. The number of hydrogen-bond acceptors (Lipinski definition) is 6. The molecule has 1 amide bonds. The van der Waals surface area contributed by atoms with Gasteiger partial charge in [0.05, 0.1) is 18.0 Å². The maximum atomic E-state index is 13.6. The van der Waals surface area contributed by atoms with Crippen LogP contribution >= 0.6 is 0 Å². The quantitative estimate of drug-likeness (QED) is 0.376. The fourth-order valence-corrected chi connectivity index (χ4v) is 5.11. The Labute approximate surface area is 218 Å². The number of aromatic nitrogens is 4. The number of fused-ring (bicyclic) bond motifs is 3. The van der Waals surface area contributed by atoms with Gasteiger partial charge in [-0.3, -0.25) is 19.0 Å². The molecule has 1 aliphatic carbocycles. The highest BCUT2D eigenvalue weighted by molar-refractivity contribution is 5.98. The Morgan fingerprint density at radius 3 is 2.37 bits per heavy atom. The third-order valence-corrected chi connectivity index (χ3v) is 7.15. The number of ether oxygens (including phenoxy) is 1. The van der Waals surface area contributed by atoms with Gasteiger partial charge in [0.25, 0.3) is 11.5 Å². The molecular formula is C28H31N5O5. The Morgan fingerprint density at radius 1 is 1.03 bits per heavy atom. The number of nitrogens with zero attached hydrogens (tertiary/aromatic N) is 4. The zero-order valence-electron chi connectivity index (χ0n) is 21.8. The topological polar surface area (TPSA) is 117 Å². The van der Waals surface area contributed by atoms with Crippen molar-refractivity contribution in [2.24, 2.45) is 0 Å². The normalized spacial score (nSPS) is 14.3. The molecule has 0 aliphatic heterocycles. The van der Waals surface area contributed by atoms with E-state index in [1.165, 1.54) is 22.5 Å². The van der Waals surface area contributed by atoms with Crippen LogP contribution in [0.2, 0.25) is 0 Å². The molecule has 0 bridgehead atoms. The summed E-state index contributed by atoms with van der Waals surface area (Å²) in [5.41, 5.74) is 0.167. The van der Waals surface area contributed by atoms with E-state index in [9.17, 15) is 19.2 Å². The second-order valence-electron chi connectivity index (χ2n) is 10.0. The molecule has 0 atom stereocenters. The molecule has 1 fully saturated rings. The lowest BCUT2D eigenvalue weighted by molar-refractivity contribution is 0.0926. The van der Waals surface area contributed by atoms with Crippen molar-refractivity contribution in [3.8, 4) is 5.75 Å². The Morgan fingerprint density at radius 2 is 1.71 bits per heavy atom. The maximum absolute atomic E-state index is 13.6. The molecule has 1 saturated carbocycles. The summed E-state index contributed by atoms with van der Waals surface area (Å²) >= 11 is 0. The van der Waals surface area contributed by atoms with E-state index < -0.39 is 5.69 Å². The Bertz CT molecular complexity index is 1640. The van der Waals surface area contributed by atoms with Gasteiger partial charge in [0.2, 0.25) is 5.78 Å². The molecule has 4 aromatic rings. The number of nitrogens with one attached hydrogen (secondary N) is 1. The Balaban J connectivity index is 1.59. The first-order valence-electron chi connectivity index (χ1n) is 12.9. The van der Waals surface area contributed by atoms with E-state index in [-0.39, 0.29) is 47.2 Å². The van der Waals surface area contributed by atoms with Crippen LogP contribution in [-0.2, 0) is 6.54 Å². The highest BCUT2D eigenvalue weighted by Crippen LogP contribution is 2.20. The monoisotopic (exact) mass is 517 g/mol. The van der Waals surface area contributed by atoms with Gasteiger partial charge in [0, 0.05) is 23.2 Å². The number of rotatable bonds is 7. The van der Waals surface area contributed by atoms with Crippen molar-refractivity contribution in [1.82, 2.24) is 24.1 Å². The van der Waals surface area contributed by atoms with Gasteiger partial charge in [-0.15, -0.1) is 5.10 Å². The zero-order chi connectivity index (χ0) is 27.0. The van der Waals surface area contributed by atoms with Crippen molar-refractivity contribution in [3.63, 3.8) is 0 Å². The number of ketones is 1. The summed E-state index contributed by atoms with van der Waals surface area (Å²) in [5.74, 6) is 0.181. The van der Waals surface area contributed by atoms with Crippen molar-refractivity contribution in [2.45, 2.75) is 64.6 Å². The molecule has 38 heavy (non-hydrogen) atoms. The summed E-state index contributed by atoms with van der Waals surface area (Å²) in [6.07, 6.45) is 5.23. The Kier molecular flexibility index (Phi) is 6.88. The van der Waals surface area contributed by atoms with E-state index in [0.29, 0.717) is 22.3 Å². The number of carbonyl (C=O) groups is 2. The number of hydrogen-bond donors (Lipinski definition) is 1. The van der Waals surface area contributed by atoms with E-state index in [0.717, 1.165) is 30.4 Å². The number of carbonyl (C=O) groups excluding carboxylic acids is 2. The van der Waals surface area contributed by atoms with Crippen LogP contribution in [0.25, 0.3) is 16.7 Å². The largest absolute Gasteiger partial charge is 0.497 e. The fraction of sp³-hybridized carbons (Fsp3) is 0.393. The first kappa shape index (κ1) is 25.4. The van der Waals surface area contributed by atoms with Crippen molar-refractivity contribution in [2.75, 3.05) is 7.11 Å². The smallest absolute Gasteiger partial charge is 0.352 e. The lowest BCUT2D eigenvalue weighted by Crippen LogP contribution is -2.36. The van der Waals surface area contributed by atoms with E-state index in [1.54, 1.807) is 42.5 Å². The molecule has 10 nitrogen and oxygen atoms in total. The molecule has 1 aliphatic rings. The van der Waals surface area contributed by atoms with Gasteiger partial charge in [-0.25, -0.2) is 13.9 Å². The van der Waals surface area contributed by atoms with Crippen LogP contribution < -0.4 is 21.3 Å². The average Bonchev–Trinajstić information content (AvgIpc) is 3.23. The number of methoxy groups -OCH3 is 1. The van der Waals surface area contributed by atoms with Crippen molar-refractivity contribution >= 4 is 28.4 Å². The molecule has 0 unspecified atom stereocenters. The highest BCUT2D eigenvalue weighted by atomic mass is 16.5. The molecule has 2 heterocycles. The van der Waals surface area contributed by atoms with Crippen LogP contribution in [0.15, 0.2) is 52.1 Å². The first-order chi connectivity index (χ1) is 18.3. The molecule has 1 N–H and O–H groups in total. The predicted molar refractivity (Wildman–Crippen MR) is 143 cm³/mol. The van der Waals surface area contributed by atoms with Gasteiger partial charge in [0.1, 0.15) is 12.3 Å². The summed E-state index contributed by atoms with van der Waals surface area (Å²) in [7, 11) is 1.54. The maximum Gasteiger partial charge on any atom is 0.352 e. The van der Waals surface area contributed by atoms with Gasteiger partial charge >= 0.3 is 5.69 Å². The van der Waals surface area contributed by atoms with Crippen molar-refractivity contribution in [1.29, 1.82) is 0 Å². The minimum atomic E-state index is -0.564. The molecule has 0 spiro atoms. The lowest BCUT2D eigenvalue weighted by Gasteiger charge is -2.22.